The minimum atomic E-state index is -0.744. The van der Waals surface area contributed by atoms with Crippen LogP contribution < -0.4 is 10.3 Å². The maximum atomic E-state index is 13.2. The highest BCUT2D eigenvalue weighted by Crippen LogP contribution is 2.36. The van der Waals surface area contributed by atoms with Gasteiger partial charge in [-0.2, -0.15) is 4.98 Å². The summed E-state index contributed by atoms with van der Waals surface area (Å²) in [6, 6.07) is 10.8. The van der Waals surface area contributed by atoms with Crippen LogP contribution in [-0.4, -0.2) is 34.2 Å². The topological polar surface area (TPSA) is 90.1 Å². The molecular formula is C21H17BrN2O5. The van der Waals surface area contributed by atoms with Crippen LogP contribution in [0, 0.1) is 0 Å². The summed E-state index contributed by atoms with van der Waals surface area (Å²) in [5, 5.41) is 10.6. The van der Waals surface area contributed by atoms with Gasteiger partial charge in [-0.25, -0.2) is 0 Å². The summed E-state index contributed by atoms with van der Waals surface area (Å²) in [6.07, 6.45) is 3.32. The number of carbonyl (C=O) groups is 1. The minimum absolute atomic E-state index is 0.0280. The first-order valence-corrected chi connectivity index (χ1v) is 9.67. The van der Waals surface area contributed by atoms with Gasteiger partial charge in [0.1, 0.15) is 18.0 Å². The largest absolute Gasteiger partial charge is 0.493 e. The fourth-order valence-electron chi connectivity index (χ4n) is 3.42. The first-order valence-electron chi connectivity index (χ1n) is 8.88. The van der Waals surface area contributed by atoms with Crippen molar-refractivity contribution in [2.24, 2.45) is 0 Å². The number of aromatic nitrogens is 2. The van der Waals surface area contributed by atoms with E-state index in [1.54, 1.807) is 18.3 Å². The van der Waals surface area contributed by atoms with Crippen molar-refractivity contribution in [2.45, 2.75) is 12.3 Å². The Labute approximate surface area is 174 Å². The number of fused-ring (bicyclic) bond motifs is 2. The van der Waals surface area contributed by atoms with Gasteiger partial charge < -0.3 is 14.6 Å². The van der Waals surface area contributed by atoms with Crippen LogP contribution in [0.3, 0.4) is 0 Å². The van der Waals surface area contributed by atoms with Gasteiger partial charge >= 0.3 is 5.97 Å². The summed E-state index contributed by atoms with van der Waals surface area (Å²) in [4.78, 5) is 29.5. The number of nitrogens with zero attached hydrogens (tertiary/aromatic N) is 2. The Morgan fingerprint density at radius 3 is 2.93 bits per heavy atom. The highest BCUT2D eigenvalue weighted by atomic mass is 79.9. The van der Waals surface area contributed by atoms with E-state index in [0.717, 1.165) is 11.3 Å². The molecule has 0 spiro atoms. The van der Waals surface area contributed by atoms with Crippen LogP contribution in [0.1, 0.15) is 23.5 Å². The molecule has 1 aromatic carbocycles. The van der Waals surface area contributed by atoms with Gasteiger partial charge in [0.15, 0.2) is 0 Å². The summed E-state index contributed by atoms with van der Waals surface area (Å²) in [6.45, 7) is 0.179. The lowest BCUT2D eigenvalue weighted by atomic mass is 9.87. The smallest absolute Gasteiger partial charge is 0.306 e. The quantitative estimate of drug-likeness (QED) is 0.605. The predicted octanol–water partition coefficient (Wildman–Crippen LogP) is 3.29. The molecule has 7 nitrogen and oxygen atoms in total. The number of methoxy groups -OCH3 is 1. The molecule has 8 heteroatoms. The molecule has 0 saturated heterocycles. The SMILES string of the molecule is COC(=O)C[C@@H](C1=Cc2ccccc2OC1)c1c(O)nc2ccc(Br)cn2c1=O. The number of rotatable bonds is 4. The molecule has 1 aliphatic rings. The average Bonchev–Trinajstić information content (AvgIpc) is 2.73. The molecular weight excluding hydrogens is 440 g/mol. The van der Waals surface area contributed by atoms with Gasteiger partial charge in [0, 0.05) is 22.2 Å². The third-order valence-electron chi connectivity index (χ3n) is 4.85. The van der Waals surface area contributed by atoms with Gasteiger partial charge in [-0.3, -0.25) is 14.0 Å². The van der Waals surface area contributed by atoms with Crippen LogP contribution in [0.2, 0.25) is 0 Å². The number of para-hydroxylation sites is 1. The first kappa shape index (κ1) is 19.2. The highest BCUT2D eigenvalue weighted by Gasteiger charge is 2.30. The second-order valence-corrected chi connectivity index (χ2v) is 7.52. The van der Waals surface area contributed by atoms with Gasteiger partial charge in [-0.15, -0.1) is 0 Å². The summed E-state index contributed by atoms with van der Waals surface area (Å²) in [7, 11) is 1.28. The lowest BCUT2D eigenvalue weighted by Crippen LogP contribution is -2.27. The van der Waals surface area contributed by atoms with Gasteiger partial charge in [0.05, 0.1) is 19.1 Å². The van der Waals surface area contributed by atoms with Crippen molar-refractivity contribution in [1.29, 1.82) is 0 Å². The standard InChI is InChI=1S/C21H17BrN2O5/c1-28-18(25)9-15(13-8-12-4-2-3-5-16(12)29-11-13)19-20(26)23-17-7-6-14(22)10-24(17)21(19)27/h2-8,10,15,26H,9,11H2,1H3/t15-/m0/s1. The lowest BCUT2D eigenvalue weighted by molar-refractivity contribution is -0.140. The lowest BCUT2D eigenvalue weighted by Gasteiger charge is -2.24. The van der Waals surface area contributed by atoms with Gasteiger partial charge in [0.25, 0.3) is 5.56 Å². The highest BCUT2D eigenvalue weighted by molar-refractivity contribution is 9.10. The molecule has 0 amide bonds. The average molecular weight is 457 g/mol. The number of esters is 1. The van der Waals surface area contributed by atoms with Crippen LogP contribution in [0.5, 0.6) is 11.6 Å². The number of aromatic hydroxyl groups is 1. The van der Waals surface area contributed by atoms with E-state index in [4.69, 9.17) is 9.47 Å². The molecule has 4 rings (SSSR count). The first-order chi connectivity index (χ1) is 14.0. The molecule has 0 saturated carbocycles. The van der Waals surface area contributed by atoms with E-state index in [-0.39, 0.29) is 18.6 Å². The predicted molar refractivity (Wildman–Crippen MR) is 110 cm³/mol. The van der Waals surface area contributed by atoms with Crippen molar-refractivity contribution in [2.75, 3.05) is 13.7 Å². The second kappa shape index (κ2) is 7.71. The van der Waals surface area contributed by atoms with Crippen molar-refractivity contribution in [3.8, 4) is 11.6 Å². The maximum Gasteiger partial charge on any atom is 0.306 e. The molecule has 1 aliphatic heterocycles. The maximum absolute atomic E-state index is 13.2. The van der Waals surface area contributed by atoms with Crippen molar-refractivity contribution in [3.05, 3.63) is 74.1 Å². The Kier molecular flexibility index (Phi) is 5.10. The van der Waals surface area contributed by atoms with Crippen molar-refractivity contribution >= 4 is 33.6 Å². The number of pyridine rings is 1. The monoisotopic (exact) mass is 456 g/mol. The zero-order chi connectivity index (χ0) is 20.5. The van der Waals surface area contributed by atoms with E-state index in [9.17, 15) is 14.7 Å². The third-order valence-corrected chi connectivity index (χ3v) is 5.32. The van der Waals surface area contributed by atoms with E-state index in [0.29, 0.717) is 15.7 Å². The molecule has 0 unspecified atom stereocenters. The molecule has 29 heavy (non-hydrogen) atoms. The number of hydrogen-bond donors (Lipinski definition) is 1. The normalized spacial score (nSPS) is 13.9. The Balaban J connectivity index is 1.90. The molecule has 0 bridgehead atoms. The Hall–Kier alpha value is -3.13. The second-order valence-electron chi connectivity index (χ2n) is 6.61. The zero-order valence-corrected chi connectivity index (χ0v) is 17.0. The number of carbonyl (C=O) groups excluding carboxylic acids is 1. The summed E-state index contributed by atoms with van der Waals surface area (Å²) in [5.74, 6) is -0.944. The molecule has 2 aromatic heterocycles. The van der Waals surface area contributed by atoms with Gasteiger partial charge in [-0.1, -0.05) is 18.2 Å². The van der Waals surface area contributed by atoms with Crippen molar-refractivity contribution in [3.63, 3.8) is 0 Å². The summed E-state index contributed by atoms with van der Waals surface area (Å²) in [5.41, 5.74) is 1.39. The van der Waals surface area contributed by atoms with Gasteiger partial charge in [-0.05, 0) is 45.8 Å². The molecule has 0 fully saturated rings. The van der Waals surface area contributed by atoms with Crippen molar-refractivity contribution in [1.82, 2.24) is 9.38 Å². The number of hydrogen-bond acceptors (Lipinski definition) is 6. The van der Waals surface area contributed by atoms with Gasteiger partial charge in [0.2, 0.25) is 5.88 Å². The molecule has 148 valence electrons. The molecule has 3 heterocycles. The van der Waals surface area contributed by atoms with E-state index in [1.807, 2.05) is 30.3 Å². The van der Waals surface area contributed by atoms with E-state index in [1.165, 1.54) is 11.5 Å². The molecule has 1 atom stereocenters. The molecule has 0 radical (unpaired) electrons. The summed E-state index contributed by atoms with van der Waals surface area (Å²) < 4.78 is 12.6. The Morgan fingerprint density at radius 1 is 1.34 bits per heavy atom. The fourth-order valence-corrected chi connectivity index (χ4v) is 3.76. The molecule has 1 N–H and O–H groups in total. The van der Waals surface area contributed by atoms with E-state index >= 15 is 0 Å². The van der Waals surface area contributed by atoms with Crippen LogP contribution >= 0.6 is 15.9 Å². The molecule has 0 aliphatic carbocycles. The molecule has 3 aromatic rings. The van der Waals surface area contributed by atoms with Crippen LogP contribution in [0.25, 0.3) is 11.7 Å². The van der Waals surface area contributed by atoms with E-state index < -0.39 is 23.3 Å². The minimum Gasteiger partial charge on any atom is -0.493 e. The van der Waals surface area contributed by atoms with Crippen molar-refractivity contribution < 1.29 is 19.4 Å². The zero-order valence-electron chi connectivity index (χ0n) is 15.5. The Bertz CT molecular complexity index is 1200. The van der Waals surface area contributed by atoms with Crippen LogP contribution in [-0.2, 0) is 9.53 Å². The van der Waals surface area contributed by atoms with E-state index in [2.05, 4.69) is 20.9 Å². The number of halogens is 1. The third kappa shape index (κ3) is 3.63. The number of benzene rings is 1. The van der Waals surface area contributed by atoms with Crippen LogP contribution in [0.4, 0.5) is 0 Å². The van der Waals surface area contributed by atoms with Crippen LogP contribution in [0.15, 0.2) is 57.4 Å². The number of ether oxygens (including phenoxy) is 2. The Morgan fingerprint density at radius 2 is 2.14 bits per heavy atom. The summed E-state index contributed by atoms with van der Waals surface area (Å²) >= 11 is 3.34. The fraction of sp³-hybridized carbons (Fsp3) is 0.190.